The molecule has 2 aromatic heterocycles. The van der Waals surface area contributed by atoms with E-state index in [1.807, 2.05) is 6.92 Å². The Balaban J connectivity index is 1.96. The van der Waals surface area contributed by atoms with Gasteiger partial charge in [-0.2, -0.15) is 0 Å². The van der Waals surface area contributed by atoms with E-state index in [9.17, 15) is 18.5 Å². The first-order valence-electron chi connectivity index (χ1n) is 6.71. The fourth-order valence-corrected chi connectivity index (χ4v) is 4.26. The van der Waals surface area contributed by atoms with Gasteiger partial charge in [0.15, 0.2) is 0 Å². The molecule has 8 nitrogen and oxygen atoms in total. The number of anilines is 1. The van der Waals surface area contributed by atoms with Gasteiger partial charge in [0.05, 0.1) is 4.92 Å². The minimum Gasteiger partial charge on any atom is -0.363 e. The standard InChI is InChI=1S/C13H16N4O4S2/c1-9-5-6-14-13(12(9)17(18)19)15-7-8-16-23(20,21)11-4-3-10(2)22-11/h3-6,16H,7-8H2,1-2H3,(H,14,15). The summed E-state index contributed by atoms with van der Waals surface area (Å²) >= 11 is 1.18. The molecule has 0 saturated heterocycles. The van der Waals surface area contributed by atoms with E-state index in [4.69, 9.17) is 0 Å². The lowest BCUT2D eigenvalue weighted by Crippen LogP contribution is -2.28. The van der Waals surface area contributed by atoms with E-state index in [0.29, 0.717) is 5.56 Å². The molecule has 0 amide bonds. The Morgan fingerprint density at radius 1 is 1.26 bits per heavy atom. The van der Waals surface area contributed by atoms with Crippen LogP contribution < -0.4 is 10.0 Å². The van der Waals surface area contributed by atoms with Crippen LogP contribution in [0.3, 0.4) is 0 Å². The molecule has 0 bridgehead atoms. The third-order valence-corrected chi connectivity index (χ3v) is 5.95. The van der Waals surface area contributed by atoms with Gasteiger partial charge in [-0.05, 0) is 32.0 Å². The molecule has 0 aliphatic carbocycles. The molecule has 0 unspecified atom stereocenters. The first-order valence-corrected chi connectivity index (χ1v) is 9.01. The van der Waals surface area contributed by atoms with Gasteiger partial charge in [0.25, 0.3) is 0 Å². The van der Waals surface area contributed by atoms with E-state index >= 15 is 0 Å². The third-order valence-electron chi connectivity index (χ3n) is 3.00. The molecule has 0 spiro atoms. The first-order chi connectivity index (χ1) is 10.8. The van der Waals surface area contributed by atoms with Crippen LogP contribution in [0.15, 0.2) is 28.6 Å². The predicted octanol–water partition coefficient (Wildman–Crippen LogP) is 2.06. The Morgan fingerprint density at radius 3 is 2.61 bits per heavy atom. The zero-order valence-corrected chi connectivity index (χ0v) is 14.2. The molecule has 2 aromatic rings. The predicted molar refractivity (Wildman–Crippen MR) is 88.4 cm³/mol. The Bertz CT molecular complexity index is 817. The minimum atomic E-state index is -3.55. The van der Waals surface area contributed by atoms with Crippen LogP contribution in [0.2, 0.25) is 0 Å². The van der Waals surface area contributed by atoms with Crippen LogP contribution in [0.25, 0.3) is 0 Å². The van der Waals surface area contributed by atoms with Crippen molar-refractivity contribution in [3.8, 4) is 0 Å². The molecule has 0 fully saturated rings. The summed E-state index contributed by atoms with van der Waals surface area (Å²) in [5.74, 6) is 0.126. The van der Waals surface area contributed by atoms with Crippen molar-refractivity contribution in [1.82, 2.24) is 9.71 Å². The molecule has 0 saturated carbocycles. The number of aryl methyl sites for hydroxylation is 2. The topological polar surface area (TPSA) is 114 Å². The van der Waals surface area contributed by atoms with E-state index in [1.54, 1.807) is 25.1 Å². The van der Waals surface area contributed by atoms with Crippen molar-refractivity contribution >= 4 is 32.9 Å². The highest BCUT2D eigenvalue weighted by Gasteiger charge is 2.19. The average molecular weight is 356 g/mol. The van der Waals surface area contributed by atoms with E-state index in [0.717, 1.165) is 4.88 Å². The van der Waals surface area contributed by atoms with Gasteiger partial charge in [-0.15, -0.1) is 11.3 Å². The van der Waals surface area contributed by atoms with Gasteiger partial charge in [-0.3, -0.25) is 10.1 Å². The molecular formula is C13H16N4O4S2. The molecule has 0 aliphatic heterocycles. The zero-order valence-electron chi connectivity index (χ0n) is 12.6. The average Bonchev–Trinajstić information content (AvgIpc) is 2.91. The van der Waals surface area contributed by atoms with Gasteiger partial charge < -0.3 is 5.32 Å². The summed E-state index contributed by atoms with van der Waals surface area (Å²) in [5, 5.41) is 13.8. The van der Waals surface area contributed by atoms with Crippen molar-refractivity contribution in [2.45, 2.75) is 18.1 Å². The summed E-state index contributed by atoms with van der Waals surface area (Å²) in [4.78, 5) is 15.4. The van der Waals surface area contributed by atoms with Gasteiger partial charge >= 0.3 is 5.69 Å². The Morgan fingerprint density at radius 2 is 2.00 bits per heavy atom. The van der Waals surface area contributed by atoms with Crippen LogP contribution in [-0.4, -0.2) is 31.4 Å². The van der Waals surface area contributed by atoms with Gasteiger partial charge in [-0.1, -0.05) is 0 Å². The van der Waals surface area contributed by atoms with Crippen molar-refractivity contribution < 1.29 is 13.3 Å². The lowest BCUT2D eigenvalue weighted by Gasteiger charge is -2.08. The van der Waals surface area contributed by atoms with Gasteiger partial charge in [-0.25, -0.2) is 18.1 Å². The van der Waals surface area contributed by atoms with Crippen LogP contribution in [0, 0.1) is 24.0 Å². The number of hydrogen-bond donors (Lipinski definition) is 2. The SMILES string of the molecule is Cc1ccc(S(=O)(=O)NCCNc2nccc(C)c2[N+](=O)[O-])s1. The molecule has 0 radical (unpaired) electrons. The third kappa shape index (κ3) is 4.24. The van der Waals surface area contributed by atoms with Crippen LogP contribution >= 0.6 is 11.3 Å². The van der Waals surface area contributed by atoms with Crippen LogP contribution in [-0.2, 0) is 10.0 Å². The van der Waals surface area contributed by atoms with Crippen molar-refractivity contribution in [2.24, 2.45) is 0 Å². The van der Waals surface area contributed by atoms with Crippen molar-refractivity contribution in [1.29, 1.82) is 0 Å². The first kappa shape index (κ1) is 17.3. The number of sulfonamides is 1. The number of pyridine rings is 1. The van der Waals surface area contributed by atoms with Gasteiger partial charge in [0.1, 0.15) is 4.21 Å². The van der Waals surface area contributed by atoms with Crippen molar-refractivity contribution in [3.63, 3.8) is 0 Å². The lowest BCUT2D eigenvalue weighted by molar-refractivity contribution is -0.384. The summed E-state index contributed by atoms with van der Waals surface area (Å²) in [6.45, 7) is 3.72. The van der Waals surface area contributed by atoms with E-state index in [1.165, 1.54) is 17.5 Å². The quantitative estimate of drug-likeness (QED) is 0.446. The fraction of sp³-hybridized carbons (Fsp3) is 0.308. The number of nitrogens with zero attached hydrogens (tertiary/aromatic N) is 2. The number of nitrogens with one attached hydrogen (secondary N) is 2. The molecule has 0 aromatic carbocycles. The van der Waals surface area contributed by atoms with Crippen LogP contribution in [0.1, 0.15) is 10.4 Å². The second kappa shape index (κ2) is 7.02. The summed E-state index contributed by atoms with van der Waals surface area (Å²) in [5.41, 5.74) is 0.381. The molecule has 0 aliphatic rings. The zero-order chi connectivity index (χ0) is 17.0. The molecular weight excluding hydrogens is 340 g/mol. The Kier molecular flexibility index (Phi) is 5.29. The smallest absolute Gasteiger partial charge is 0.314 e. The highest BCUT2D eigenvalue weighted by atomic mass is 32.2. The highest BCUT2D eigenvalue weighted by Crippen LogP contribution is 2.25. The summed E-state index contributed by atoms with van der Waals surface area (Å²) < 4.78 is 26.8. The lowest BCUT2D eigenvalue weighted by atomic mass is 10.2. The van der Waals surface area contributed by atoms with Crippen LogP contribution in [0.4, 0.5) is 11.5 Å². The molecule has 2 N–H and O–H groups in total. The number of aromatic nitrogens is 1. The molecule has 23 heavy (non-hydrogen) atoms. The van der Waals surface area contributed by atoms with Crippen molar-refractivity contribution in [2.75, 3.05) is 18.4 Å². The molecule has 0 atom stereocenters. The monoisotopic (exact) mass is 356 g/mol. The normalized spacial score (nSPS) is 11.4. The molecule has 2 rings (SSSR count). The van der Waals surface area contributed by atoms with Gasteiger partial charge in [0.2, 0.25) is 15.8 Å². The van der Waals surface area contributed by atoms with Crippen molar-refractivity contribution in [3.05, 3.63) is 45.0 Å². The summed E-state index contributed by atoms with van der Waals surface area (Å²) in [6, 6.07) is 4.82. The van der Waals surface area contributed by atoms with Crippen LogP contribution in [0.5, 0.6) is 0 Å². The second-order valence-corrected chi connectivity index (χ2v) is 8.05. The number of hydrogen-bond acceptors (Lipinski definition) is 7. The maximum absolute atomic E-state index is 12.0. The molecule has 10 heteroatoms. The van der Waals surface area contributed by atoms with E-state index in [2.05, 4.69) is 15.0 Å². The number of thiophene rings is 1. The second-order valence-electron chi connectivity index (χ2n) is 4.77. The molecule has 124 valence electrons. The van der Waals surface area contributed by atoms with E-state index in [-0.39, 0.29) is 28.8 Å². The van der Waals surface area contributed by atoms with E-state index < -0.39 is 14.9 Å². The largest absolute Gasteiger partial charge is 0.363 e. The number of rotatable bonds is 7. The maximum atomic E-state index is 12.0. The summed E-state index contributed by atoms with van der Waals surface area (Å²) in [6.07, 6.45) is 1.46. The molecule has 2 heterocycles. The summed E-state index contributed by atoms with van der Waals surface area (Å²) in [7, 11) is -3.55. The fourth-order valence-electron chi connectivity index (χ4n) is 1.90. The number of nitro groups is 1. The Labute approximate surface area is 137 Å². The Hall–Kier alpha value is -2.04. The highest BCUT2D eigenvalue weighted by molar-refractivity contribution is 7.91. The minimum absolute atomic E-state index is 0.0893. The van der Waals surface area contributed by atoms with Gasteiger partial charge in [0, 0.05) is 29.7 Å². The maximum Gasteiger partial charge on any atom is 0.314 e.